The minimum atomic E-state index is -3.51. The Balaban J connectivity index is 1.43. The number of halogens is 1. The first-order chi connectivity index (χ1) is 17.9. The largest absolute Gasteiger partial charge is 0.378 e. The van der Waals surface area contributed by atoms with Crippen LogP contribution in [0.3, 0.4) is 0 Å². The molecule has 3 heterocycles. The molecule has 2 aliphatic rings. The normalized spacial score (nSPS) is 17.0. The highest BCUT2D eigenvalue weighted by Crippen LogP contribution is 2.34. The molecule has 2 aromatic carbocycles. The Bertz CT molecular complexity index is 1430. The summed E-state index contributed by atoms with van der Waals surface area (Å²) in [6, 6.07) is 11.5. The molecule has 1 N–H and O–H groups in total. The lowest BCUT2D eigenvalue weighted by atomic mass is 10.1. The maximum absolute atomic E-state index is 13.0. The number of rotatable bonds is 7. The van der Waals surface area contributed by atoms with E-state index in [4.69, 9.17) is 4.74 Å². The predicted octanol–water partition coefficient (Wildman–Crippen LogP) is 4.05. The van der Waals surface area contributed by atoms with Gasteiger partial charge in [-0.05, 0) is 47.7 Å². The SMILES string of the molecule is CCN1Cc2ccc(-c3ccnc(Nc4ccc(N5CCOCC5)c(C(=O)SCF)c4)n3)cc2S1(=O)=O. The average molecular weight is 544 g/mol. The lowest BCUT2D eigenvalue weighted by Crippen LogP contribution is -2.37. The van der Waals surface area contributed by atoms with E-state index in [-0.39, 0.29) is 11.1 Å². The monoisotopic (exact) mass is 543 g/mol. The minimum Gasteiger partial charge on any atom is -0.378 e. The third-order valence-corrected chi connectivity index (χ3v) is 8.94. The van der Waals surface area contributed by atoms with E-state index < -0.39 is 16.0 Å². The summed E-state index contributed by atoms with van der Waals surface area (Å²) in [6.45, 7) is 5.00. The topological polar surface area (TPSA) is 105 Å². The number of benzene rings is 2. The zero-order valence-electron chi connectivity index (χ0n) is 20.2. The average Bonchev–Trinajstić information content (AvgIpc) is 3.18. The number of hydrogen-bond acceptors (Lipinski definition) is 9. The maximum Gasteiger partial charge on any atom is 0.243 e. The second-order valence-electron chi connectivity index (χ2n) is 8.52. The second-order valence-corrected chi connectivity index (χ2v) is 11.3. The van der Waals surface area contributed by atoms with Crippen molar-refractivity contribution < 1.29 is 22.3 Å². The molecule has 0 amide bonds. The van der Waals surface area contributed by atoms with Gasteiger partial charge in [-0.25, -0.2) is 22.8 Å². The lowest BCUT2D eigenvalue weighted by Gasteiger charge is -2.30. The van der Waals surface area contributed by atoms with Crippen molar-refractivity contribution in [3.05, 3.63) is 59.8 Å². The molecule has 0 bridgehead atoms. The first kappa shape index (κ1) is 25.6. The number of carbonyl (C=O) groups excluding carboxylic acids is 1. The molecule has 12 heteroatoms. The highest BCUT2D eigenvalue weighted by molar-refractivity contribution is 8.14. The molecule has 194 valence electrons. The number of sulfonamides is 1. The van der Waals surface area contributed by atoms with E-state index >= 15 is 0 Å². The van der Waals surface area contributed by atoms with Crippen LogP contribution in [0.15, 0.2) is 53.6 Å². The number of hydrogen-bond donors (Lipinski definition) is 1. The van der Waals surface area contributed by atoms with Crippen molar-refractivity contribution in [2.75, 3.05) is 49.1 Å². The molecular formula is C25H26FN5O4S2. The number of carbonyl (C=O) groups is 1. The molecular weight excluding hydrogens is 517 g/mol. The smallest absolute Gasteiger partial charge is 0.243 e. The predicted molar refractivity (Wildman–Crippen MR) is 141 cm³/mol. The molecule has 1 saturated heterocycles. The Morgan fingerprint density at radius 1 is 1.16 bits per heavy atom. The molecule has 37 heavy (non-hydrogen) atoms. The van der Waals surface area contributed by atoms with Gasteiger partial charge in [0.15, 0.2) is 0 Å². The van der Waals surface area contributed by atoms with Crippen molar-refractivity contribution in [3.8, 4) is 11.3 Å². The van der Waals surface area contributed by atoms with Crippen molar-refractivity contribution in [3.63, 3.8) is 0 Å². The summed E-state index contributed by atoms with van der Waals surface area (Å²) in [5, 5.41) is 2.76. The molecule has 2 aliphatic heterocycles. The van der Waals surface area contributed by atoms with Crippen LogP contribution in [0.25, 0.3) is 11.3 Å². The number of aromatic nitrogens is 2. The van der Waals surface area contributed by atoms with Gasteiger partial charge in [0.25, 0.3) is 0 Å². The van der Waals surface area contributed by atoms with Crippen LogP contribution in [-0.4, -0.2) is 66.7 Å². The first-order valence-electron chi connectivity index (χ1n) is 11.8. The fourth-order valence-corrected chi connectivity index (χ4v) is 6.56. The fraction of sp³-hybridized carbons (Fsp3) is 0.320. The number of nitrogens with one attached hydrogen (secondary N) is 1. The number of thioether (sulfide) groups is 1. The van der Waals surface area contributed by atoms with Crippen LogP contribution < -0.4 is 10.2 Å². The number of morpholine rings is 1. The molecule has 3 aromatic rings. The summed E-state index contributed by atoms with van der Waals surface area (Å²) in [4.78, 5) is 23.9. The standard InChI is InChI=1S/C25H26FN5O4S2/c1-2-31-15-18-4-3-17(13-23(18)37(31,33)34)21-7-8-27-25(29-21)28-19-5-6-22(30-9-11-35-12-10-30)20(14-19)24(32)36-16-26/h3-8,13-14H,2,9-12,15-16H2,1H3,(H,27,28,29). The number of ether oxygens (including phenoxy) is 1. The third kappa shape index (κ3) is 5.19. The van der Waals surface area contributed by atoms with Crippen molar-refractivity contribution in [2.24, 2.45) is 0 Å². The van der Waals surface area contributed by atoms with Crippen LogP contribution in [0.1, 0.15) is 22.8 Å². The zero-order valence-corrected chi connectivity index (χ0v) is 21.8. The van der Waals surface area contributed by atoms with Gasteiger partial charge in [-0.3, -0.25) is 4.79 Å². The highest BCUT2D eigenvalue weighted by atomic mass is 32.2. The molecule has 1 aromatic heterocycles. The molecule has 0 unspecified atom stereocenters. The van der Waals surface area contributed by atoms with Gasteiger partial charge in [0, 0.05) is 49.3 Å². The van der Waals surface area contributed by atoms with Crippen molar-refractivity contribution in [1.29, 1.82) is 0 Å². The van der Waals surface area contributed by atoms with Crippen LogP contribution >= 0.6 is 11.8 Å². The molecule has 0 aliphatic carbocycles. The minimum absolute atomic E-state index is 0.284. The van der Waals surface area contributed by atoms with Crippen LogP contribution in [0, 0.1) is 0 Å². The molecule has 1 fully saturated rings. The highest BCUT2D eigenvalue weighted by Gasteiger charge is 2.33. The Kier molecular flexibility index (Phi) is 7.43. The Hall–Kier alpha value is -3.06. The Labute approximate surface area is 219 Å². The lowest BCUT2D eigenvalue weighted by molar-refractivity contribution is 0.108. The summed E-state index contributed by atoms with van der Waals surface area (Å²) in [6.07, 6.45) is 1.58. The van der Waals surface area contributed by atoms with Crippen molar-refractivity contribution in [1.82, 2.24) is 14.3 Å². The van der Waals surface area contributed by atoms with Crippen LogP contribution in [0.2, 0.25) is 0 Å². The number of nitrogens with zero attached hydrogens (tertiary/aromatic N) is 4. The molecule has 0 spiro atoms. The van der Waals surface area contributed by atoms with E-state index in [1.807, 2.05) is 31.2 Å². The van der Waals surface area contributed by atoms with Gasteiger partial charge in [-0.2, -0.15) is 4.31 Å². The molecule has 0 atom stereocenters. The fourth-order valence-electron chi connectivity index (χ4n) is 4.47. The number of alkyl halides is 1. The number of fused-ring (bicyclic) bond motifs is 1. The van der Waals surface area contributed by atoms with Gasteiger partial charge >= 0.3 is 0 Å². The Morgan fingerprint density at radius 2 is 1.97 bits per heavy atom. The van der Waals surface area contributed by atoms with Gasteiger partial charge < -0.3 is 15.0 Å². The molecule has 9 nitrogen and oxygen atoms in total. The van der Waals surface area contributed by atoms with E-state index in [2.05, 4.69) is 20.2 Å². The van der Waals surface area contributed by atoms with Gasteiger partial charge in [0.2, 0.25) is 21.1 Å². The molecule has 5 rings (SSSR count). The van der Waals surface area contributed by atoms with E-state index in [1.165, 1.54) is 4.31 Å². The first-order valence-corrected chi connectivity index (χ1v) is 14.3. The van der Waals surface area contributed by atoms with E-state index in [1.54, 1.807) is 24.4 Å². The number of anilines is 3. The van der Waals surface area contributed by atoms with Gasteiger partial charge in [0.05, 0.1) is 29.4 Å². The third-order valence-electron chi connectivity index (χ3n) is 6.35. The second kappa shape index (κ2) is 10.7. The van der Waals surface area contributed by atoms with Gasteiger partial charge in [-0.15, -0.1) is 0 Å². The molecule has 0 saturated carbocycles. The van der Waals surface area contributed by atoms with E-state index in [0.717, 1.165) is 11.3 Å². The summed E-state index contributed by atoms with van der Waals surface area (Å²) in [7, 11) is -3.51. The summed E-state index contributed by atoms with van der Waals surface area (Å²) >= 11 is 0.613. The Morgan fingerprint density at radius 3 is 2.73 bits per heavy atom. The maximum atomic E-state index is 13.0. The summed E-state index contributed by atoms with van der Waals surface area (Å²) in [5.74, 6) is 0.284. The zero-order chi connectivity index (χ0) is 26.0. The van der Waals surface area contributed by atoms with Crippen molar-refractivity contribution >= 4 is 44.2 Å². The van der Waals surface area contributed by atoms with Crippen LogP contribution in [0.4, 0.5) is 21.7 Å². The van der Waals surface area contributed by atoms with Gasteiger partial charge in [-0.1, -0.05) is 19.1 Å². The van der Waals surface area contributed by atoms with E-state index in [0.29, 0.717) is 78.6 Å². The van der Waals surface area contributed by atoms with Crippen LogP contribution in [-0.2, 0) is 21.3 Å². The quantitative estimate of drug-likeness (QED) is 0.473. The van der Waals surface area contributed by atoms with Crippen molar-refractivity contribution in [2.45, 2.75) is 18.4 Å². The summed E-state index contributed by atoms with van der Waals surface area (Å²) in [5.41, 5.74) is 3.68. The summed E-state index contributed by atoms with van der Waals surface area (Å²) < 4.78 is 45.4. The van der Waals surface area contributed by atoms with Gasteiger partial charge in [0.1, 0.15) is 6.01 Å². The van der Waals surface area contributed by atoms with Crippen LogP contribution in [0.5, 0.6) is 0 Å². The molecule has 0 radical (unpaired) electrons. The van der Waals surface area contributed by atoms with E-state index in [9.17, 15) is 17.6 Å².